The summed E-state index contributed by atoms with van der Waals surface area (Å²) in [6.45, 7) is 6.30. The molecule has 0 unspecified atom stereocenters. The van der Waals surface area contributed by atoms with E-state index >= 15 is 0 Å². The monoisotopic (exact) mass is 324 g/mol. The largest absolute Gasteiger partial charge is 0.326 e. The van der Waals surface area contributed by atoms with Crippen LogP contribution >= 0.6 is 11.3 Å². The van der Waals surface area contributed by atoms with E-state index in [-0.39, 0.29) is 5.92 Å². The van der Waals surface area contributed by atoms with Crippen molar-refractivity contribution < 1.29 is 8.42 Å². The van der Waals surface area contributed by atoms with Gasteiger partial charge in [-0.2, -0.15) is 0 Å². The highest BCUT2D eigenvalue weighted by atomic mass is 32.2. The Labute approximate surface area is 130 Å². The fraction of sp³-hybridized carbons (Fsp3) is 0.333. The average Bonchev–Trinajstić information content (AvgIpc) is 2.81. The van der Waals surface area contributed by atoms with Gasteiger partial charge < -0.3 is 5.73 Å². The Hall–Kier alpha value is -1.37. The quantitative estimate of drug-likeness (QED) is 0.885. The Balaban J connectivity index is 2.37. The van der Waals surface area contributed by atoms with Gasteiger partial charge in [0.05, 0.1) is 5.69 Å². The van der Waals surface area contributed by atoms with Gasteiger partial charge in [0.15, 0.2) is 0 Å². The standard InChI is InChI=1S/C15H20N2O2S2/c1-10(2)12-6-4-5-7-13(12)17-21(18,19)15-8-11(3)14(9-16)20-15/h4-8,10,17H,9,16H2,1-3H3. The number of rotatable bonds is 5. The molecule has 0 saturated heterocycles. The van der Waals surface area contributed by atoms with Gasteiger partial charge in [-0.3, -0.25) is 4.72 Å². The van der Waals surface area contributed by atoms with Crippen molar-refractivity contribution in [3.05, 3.63) is 46.3 Å². The molecule has 0 spiro atoms. The Morgan fingerprint density at radius 2 is 1.95 bits per heavy atom. The van der Waals surface area contributed by atoms with Crippen molar-refractivity contribution in [2.75, 3.05) is 4.72 Å². The predicted octanol–water partition coefficient (Wildman–Crippen LogP) is 3.44. The molecule has 0 radical (unpaired) electrons. The molecular formula is C15H20N2O2S2. The molecule has 114 valence electrons. The van der Waals surface area contributed by atoms with Crippen LogP contribution in [0.1, 0.15) is 35.8 Å². The summed E-state index contributed by atoms with van der Waals surface area (Å²) < 4.78 is 28.0. The molecule has 1 heterocycles. The molecule has 2 aromatic rings. The second-order valence-electron chi connectivity index (χ2n) is 5.22. The van der Waals surface area contributed by atoms with Gasteiger partial charge in [0.2, 0.25) is 0 Å². The third-order valence-electron chi connectivity index (χ3n) is 3.28. The van der Waals surface area contributed by atoms with E-state index in [2.05, 4.69) is 4.72 Å². The topological polar surface area (TPSA) is 72.2 Å². The van der Waals surface area contributed by atoms with E-state index in [0.717, 1.165) is 16.0 Å². The first-order valence-corrected chi connectivity index (χ1v) is 9.06. The summed E-state index contributed by atoms with van der Waals surface area (Å²) in [4.78, 5) is 0.896. The van der Waals surface area contributed by atoms with E-state index in [1.807, 2.05) is 39.0 Å². The second-order valence-corrected chi connectivity index (χ2v) is 8.27. The summed E-state index contributed by atoms with van der Waals surface area (Å²) in [5, 5.41) is 0. The molecule has 0 aliphatic rings. The molecule has 0 aliphatic carbocycles. The lowest BCUT2D eigenvalue weighted by Crippen LogP contribution is -2.13. The number of para-hydroxylation sites is 1. The summed E-state index contributed by atoms with van der Waals surface area (Å²) in [5.74, 6) is 0.244. The van der Waals surface area contributed by atoms with E-state index in [1.54, 1.807) is 12.1 Å². The molecule has 1 aromatic carbocycles. The van der Waals surface area contributed by atoms with Crippen LogP contribution < -0.4 is 10.5 Å². The molecule has 0 amide bonds. The molecular weight excluding hydrogens is 304 g/mol. The van der Waals surface area contributed by atoms with E-state index in [1.165, 1.54) is 11.3 Å². The first kappa shape index (κ1) is 16.0. The third kappa shape index (κ3) is 3.45. The van der Waals surface area contributed by atoms with Crippen LogP contribution in [0.2, 0.25) is 0 Å². The summed E-state index contributed by atoms with van der Waals surface area (Å²) in [7, 11) is -3.57. The molecule has 3 N–H and O–H groups in total. The van der Waals surface area contributed by atoms with Gasteiger partial charge in [0.25, 0.3) is 10.0 Å². The normalized spacial score (nSPS) is 11.9. The van der Waals surface area contributed by atoms with Crippen LogP contribution in [0.15, 0.2) is 34.5 Å². The van der Waals surface area contributed by atoms with E-state index in [9.17, 15) is 8.42 Å². The zero-order valence-electron chi connectivity index (χ0n) is 12.4. The fourth-order valence-corrected chi connectivity index (χ4v) is 4.67. The van der Waals surface area contributed by atoms with Crippen molar-refractivity contribution in [1.82, 2.24) is 0 Å². The van der Waals surface area contributed by atoms with Crippen LogP contribution in [0.3, 0.4) is 0 Å². The number of hydrogen-bond donors (Lipinski definition) is 2. The lowest BCUT2D eigenvalue weighted by Gasteiger charge is -2.14. The maximum absolute atomic E-state index is 12.5. The molecule has 0 bridgehead atoms. The number of nitrogens with two attached hydrogens (primary N) is 1. The zero-order valence-corrected chi connectivity index (χ0v) is 14.0. The molecule has 2 rings (SSSR count). The van der Waals surface area contributed by atoms with Crippen LogP contribution in [-0.4, -0.2) is 8.42 Å². The number of sulfonamides is 1. The molecule has 6 heteroatoms. The second kappa shape index (κ2) is 6.17. The van der Waals surface area contributed by atoms with Gasteiger partial charge in [-0.25, -0.2) is 8.42 Å². The smallest absolute Gasteiger partial charge is 0.271 e. The van der Waals surface area contributed by atoms with Gasteiger partial charge in [-0.05, 0) is 36.1 Å². The van der Waals surface area contributed by atoms with Gasteiger partial charge >= 0.3 is 0 Å². The summed E-state index contributed by atoms with van der Waals surface area (Å²) in [6.07, 6.45) is 0. The van der Waals surface area contributed by atoms with Crippen LogP contribution in [0.4, 0.5) is 5.69 Å². The number of hydrogen-bond acceptors (Lipinski definition) is 4. The number of benzene rings is 1. The van der Waals surface area contributed by atoms with Crippen molar-refractivity contribution in [2.24, 2.45) is 5.73 Å². The maximum Gasteiger partial charge on any atom is 0.271 e. The Kier molecular flexibility index (Phi) is 4.70. The first-order valence-electron chi connectivity index (χ1n) is 6.76. The Morgan fingerprint density at radius 3 is 2.52 bits per heavy atom. The number of thiophene rings is 1. The minimum Gasteiger partial charge on any atom is -0.326 e. The van der Waals surface area contributed by atoms with Gasteiger partial charge in [0.1, 0.15) is 4.21 Å². The maximum atomic E-state index is 12.5. The lowest BCUT2D eigenvalue weighted by atomic mass is 10.0. The molecule has 0 aliphatic heterocycles. The fourth-order valence-electron chi connectivity index (χ4n) is 2.11. The van der Waals surface area contributed by atoms with E-state index < -0.39 is 10.0 Å². The highest BCUT2D eigenvalue weighted by Crippen LogP contribution is 2.30. The van der Waals surface area contributed by atoms with Crippen LogP contribution in [-0.2, 0) is 16.6 Å². The molecule has 0 saturated carbocycles. The van der Waals surface area contributed by atoms with Crippen LogP contribution in [0.5, 0.6) is 0 Å². The van der Waals surface area contributed by atoms with E-state index in [0.29, 0.717) is 16.4 Å². The summed E-state index contributed by atoms with van der Waals surface area (Å²) in [6, 6.07) is 9.14. The molecule has 21 heavy (non-hydrogen) atoms. The average molecular weight is 324 g/mol. The molecule has 1 aromatic heterocycles. The zero-order chi connectivity index (χ0) is 15.6. The van der Waals surface area contributed by atoms with Crippen molar-refractivity contribution in [3.8, 4) is 0 Å². The Morgan fingerprint density at radius 1 is 1.29 bits per heavy atom. The first-order chi connectivity index (χ1) is 9.85. The molecule has 0 atom stereocenters. The minimum absolute atomic E-state index is 0.244. The predicted molar refractivity (Wildman–Crippen MR) is 88.3 cm³/mol. The minimum atomic E-state index is -3.57. The van der Waals surface area contributed by atoms with Gasteiger partial charge in [-0.15, -0.1) is 11.3 Å². The SMILES string of the molecule is Cc1cc(S(=O)(=O)Nc2ccccc2C(C)C)sc1CN. The summed E-state index contributed by atoms with van der Waals surface area (Å²) >= 11 is 1.22. The number of anilines is 1. The molecule has 4 nitrogen and oxygen atoms in total. The van der Waals surface area contributed by atoms with Crippen molar-refractivity contribution >= 4 is 27.0 Å². The highest BCUT2D eigenvalue weighted by Gasteiger charge is 2.20. The van der Waals surface area contributed by atoms with Crippen molar-refractivity contribution in [1.29, 1.82) is 0 Å². The van der Waals surface area contributed by atoms with Crippen LogP contribution in [0, 0.1) is 6.92 Å². The van der Waals surface area contributed by atoms with Crippen LogP contribution in [0.25, 0.3) is 0 Å². The van der Waals surface area contributed by atoms with Gasteiger partial charge in [-0.1, -0.05) is 32.0 Å². The summed E-state index contributed by atoms with van der Waals surface area (Å²) in [5.41, 5.74) is 8.15. The lowest BCUT2D eigenvalue weighted by molar-refractivity contribution is 0.603. The van der Waals surface area contributed by atoms with Gasteiger partial charge in [0, 0.05) is 11.4 Å². The van der Waals surface area contributed by atoms with Crippen molar-refractivity contribution in [2.45, 2.75) is 37.4 Å². The Bertz CT molecular complexity index is 734. The van der Waals surface area contributed by atoms with Crippen molar-refractivity contribution in [3.63, 3.8) is 0 Å². The number of nitrogens with one attached hydrogen (secondary N) is 1. The highest BCUT2D eigenvalue weighted by molar-refractivity contribution is 7.94. The van der Waals surface area contributed by atoms with E-state index in [4.69, 9.17) is 5.73 Å². The third-order valence-corrected chi connectivity index (χ3v) is 6.37. The number of aryl methyl sites for hydroxylation is 1. The molecule has 0 fully saturated rings.